The molecule has 1 aromatic heterocycles. The standard InChI is InChI=1S/C10H10N4/c1-7-4-3-5-9(8(7)2)10-6-11-13-14-12-10/h3-6H,1-2H3. The zero-order chi connectivity index (χ0) is 9.97. The molecule has 0 spiro atoms. The number of benzene rings is 1. The molecule has 0 radical (unpaired) electrons. The summed E-state index contributed by atoms with van der Waals surface area (Å²) in [6.07, 6.45) is 1.62. The summed E-state index contributed by atoms with van der Waals surface area (Å²) >= 11 is 0. The van der Waals surface area contributed by atoms with Crippen molar-refractivity contribution in [3.8, 4) is 11.3 Å². The molecule has 2 rings (SSSR count). The molecule has 0 amide bonds. The minimum Gasteiger partial charge on any atom is -0.135 e. The van der Waals surface area contributed by atoms with Gasteiger partial charge in [-0.1, -0.05) is 18.2 Å². The van der Waals surface area contributed by atoms with Crippen molar-refractivity contribution < 1.29 is 0 Å². The largest absolute Gasteiger partial charge is 0.135 e. The van der Waals surface area contributed by atoms with Crippen molar-refractivity contribution in [1.29, 1.82) is 0 Å². The Kier molecular flexibility index (Phi) is 2.18. The van der Waals surface area contributed by atoms with Crippen LogP contribution in [0, 0.1) is 13.8 Å². The Morgan fingerprint density at radius 1 is 1.07 bits per heavy atom. The van der Waals surface area contributed by atoms with Crippen molar-refractivity contribution in [2.24, 2.45) is 0 Å². The molecule has 2 aromatic rings. The number of hydrogen-bond acceptors (Lipinski definition) is 4. The molecule has 0 atom stereocenters. The van der Waals surface area contributed by atoms with Crippen LogP contribution in [0.1, 0.15) is 11.1 Å². The van der Waals surface area contributed by atoms with Crippen LogP contribution in [0.3, 0.4) is 0 Å². The molecule has 0 bridgehead atoms. The fourth-order valence-corrected chi connectivity index (χ4v) is 1.35. The predicted octanol–water partition coefficient (Wildman–Crippen LogP) is 1.55. The molecule has 0 aliphatic heterocycles. The van der Waals surface area contributed by atoms with E-state index < -0.39 is 0 Å². The molecule has 70 valence electrons. The maximum absolute atomic E-state index is 3.93. The van der Waals surface area contributed by atoms with Gasteiger partial charge < -0.3 is 0 Å². The van der Waals surface area contributed by atoms with Gasteiger partial charge in [-0.2, -0.15) is 0 Å². The van der Waals surface area contributed by atoms with Gasteiger partial charge in [0, 0.05) is 5.56 Å². The summed E-state index contributed by atoms with van der Waals surface area (Å²) in [5.41, 5.74) is 4.27. The number of hydrogen-bond donors (Lipinski definition) is 0. The summed E-state index contributed by atoms with van der Waals surface area (Å²) in [7, 11) is 0. The third kappa shape index (κ3) is 1.46. The smallest absolute Gasteiger partial charge is 0.115 e. The number of rotatable bonds is 1. The molecule has 0 unspecified atom stereocenters. The van der Waals surface area contributed by atoms with E-state index in [-0.39, 0.29) is 0 Å². The molecular weight excluding hydrogens is 176 g/mol. The molecular formula is C10H10N4. The highest BCUT2D eigenvalue weighted by Crippen LogP contribution is 2.21. The van der Waals surface area contributed by atoms with Crippen LogP contribution in [0.2, 0.25) is 0 Å². The Morgan fingerprint density at radius 2 is 1.93 bits per heavy atom. The third-order valence-electron chi connectivity index (χ3n) is 2.30. The van der Waals surface area contributed by atoms with Crippen molar-refractivity contribution in [2.75, 3.05) is 0 Å². The Hall–Kier alpha value is -1.84. The first-order chi connectivity index (χ1) is 6.79. The molecule has 14 heavy (non-hydrogen) atoms. The lowest BCUT2D eigenvalue weighted by Crippen LogP contribution is -1.95. The number of nitrogens with zero attached hydrogens (tertiary/aromatic N) is 4. The van der Waals surface area contributed by atoms with Gasteiger partial charge >= 0.3 is 0 Å². The lowest BCUT2D eigenvalue weighted by atomic mass is 10.0. The highest BCUT2D eigenvalue weighted by atomic mass is 15.4. The summed E-state index contributed by atoms with van der Waals surface area (Å²) in [6.45, 7) is 4.13. The minimum absolute atomic E-state index is 0.765. The van der Waals surface area contributed by atoms with Gasteiger partial charge in [0.2, 0.25) is 0 Å². The fraction of sp³-hybridized carbons (Fsp3) is 0.200. The molecule has 0 saturated carbocycles. The van der Waals surface area contributed by atoms with Crippen LogP contribution in [-0.2, 0) is 0 Å². The van der Waals surface area contributed by atoms with Crippen LogP contribution in [0.5, 0.6) is 0 Å². The molecule has 0 fully saturated rings. The molecule has 0 aliphatic rings. The maximum Gasteiger partial charge on any atom is 0.115 e. The van der Waals surface area contributed by atoms with Crippen LogP contribution in [0.25, 0.3) is 11.3 Å². The summed E-state index contributed by atoms with van der Waals surface area (Å²) < 4.78 is 0. The summed E-state index contributed by atoms with van der Waals surface area (Å²) in [5.74, 6) is 0. The van der Waals surface area contributed by atoms with E-state index in [1.807, 2.05) is 12.1 Å². The first-order valence-electron chi connectivity index (χ1n) is 4.36. The van der Waals surface area contributed by atoms with Crippen LogP contribution in [-0.4, -0.2) is 20.6 Å². The Morgan fingerprint density at radius 3 is 2.64 bits per heavy atom. The Balaban J connectivity index is 2.58. The molecule has 1 aromatic carbocycles. The van der Waals surface area contributed by atoms with Gasteiger partial charge in [-0.15, -0.1) is 10.2 Å². The fourth-order valence-electron chi connectivity index (χ4n) is 1.35. The van der Waals surface area contributed by atoms with Gasteiger partial charge in [0.15, 0.2) is 0 Å². The molecule has 1 heterocycles. The zero-order valence-corrected chi connectivity index (χ0v) is 8.10. The first kappa shape index (κ1) is 8.74. The summed E-state index contributed by atoms with van der Waals surface area (Å²) in [4.78, 5) is 0. The van der Waals surface area contributed by atoms with Gasteiger partial charge in [0.25, 0.3) is 0 Å². The van der Waals surface area contributed by atoms with Gasteiger partial charge in [0.05, 0.1) is 6.20 Å². The van der Waals surface area contributed by atoms with Gasteiger partial charge in [0.1, 0.15) is 5.69 Å². The van der Waals surface area contributed by atoms with Crippen LogP contribution in [0.4, 0.5) is 0 Å². The number of aromatic nitrogens is 4. The highest BCUT2D eigenvalue weighted by molar-refractivity contribution is 5.63. The lowest BCUT2D eigenvalue weighted by molar-refractivity contribution is 0.766. The summed E-state index contributed by atoms with van der Waals surface area (Å²) in [5, 5.41) is 14.6. The van der Waals surface area contributed by atoms with Crippen molar-refractivity contribution in [3.05, 3.63) is 35.5 Å². The van der Waals surface area contributed by atoms with Crippen LogP contribution < -0.4 is 0 Å². The van der Waals surface area contributed by atoms with E-state index in [2.05, 4.69) is 40.5 Å². The highest BCUT2D eigenvalue weighted by Gasteiger charge is 2.04. The quantitative estimate of drug-likeness (QED) is 0.678. The van der Waals surface area contributed by atoms with Crippen molar-refractivity contribution >= 4 is 0 Å². The van der Waals surface area contributed by atoms with Crippen molar-refractivity contribution in [2.45, 2.75) is 13.8 Å². The van der Waals surface area contributed by atoms with E-state index in [1.165, 1.54) is 11.1 Å². The monoisotopic (exact) mass is 186 g/mol. The zero-order valence-electron chi connectivity index (χ0n) is 8.10. The van der Waals surface area contributed by atoms with E-state index in [4.69, 9.17) is 0 Å². The van der Waals surface area contributed by atoms with Gasteiger partial charge in [-0.25, -0.2) is 0 Å². The molecule has 0 saturated heterocycles. The van der Waals surface area contributed by atoms with Crippen molar-refractivity contribution in [3.63, 3.8) is 0 Å². The first-order valence-corrected chi connectivity index (χ1v) is 4.36. The second kappa shape index (κ2) is 3.49. The normalized spacial score (nSPS) is 10.1. The van der Waals surface area contributed by atoms with E-state index >= 15 is 0 Å². The average molecular weight is 186 g/mol. The van der Waals surface area contributed by atoms with Crippen LogP contribution in [0.15, 0.2) is 24.4 Å². The van der Waals surface area contributed by atoms with Gasteiger partial charge in [-0.3, -0.25) is 0 Å². The second-order valence-electron chi connectivity index (χ2n) is 3.16. The van der Waals surface area contributed by atoms with E-state index in [1.54, 1.807) is 6.20 Å². The third-order valence-corrected chi connectivity index (χ3v) is 2.30. The summed E-state index contributed by atoms with van der Waals surface area (Å²) in [6, 6.07) is 6.08. The van der Waals surface area contributed by atoms with Gasteiger partial charge in [-0.05, 0) is 35.4 Å². The van der Waals surface area contributed by atoms with E-state index in [9.17, 15) is 0 Å². The topological polar surface area (TPSA) is 51.6 Å². The molecule has 0 aliphatic carbocycles. The van der Waals surface area contributed by atoms with Crippen LogP contribution >= 0.6 is 0 Å². The predicted molar refractivity (Wildman–Crippen MR) is 52.5 cm³/mol. The maximum atomic E-state index is 3.93. The average Bonchev–Trinajstić information content (AvgIpc) is 2.23. The Bertz CT molecular complexity index is 439. The minimum atomic E-state index is 0.765. The molecule has 4 heteroatoms. The lowest BCUT2D eigenvalue weighted by Gasteiger charge is -2.05. The number of aryl methyl sites for hydroxylation is 1. The molecule has 4 nitrogen and oxygen atoms in total. The van der Waals surface area contributed by atoms with E-state index in [0.29, 0.717) is 0 Å². The van der Waals surface area contributed by atoms with Crippen molar-refractivity contribution in [1.82, 2.24) is 20.6 Å². The van der Waals surface area contributed by atoms with E-state index in [0.717, 1.165) is 11.3 Å². The SMILES string of the molecule is Cc1cccc(-c2cnnnn2)c1C. The molecule has 0 N–H and O–H groups in total. The Labute approximate surface area is 82.0 Å². The second-order valence-corrected chi connectivity index (χ2v) is 3.16.